The maximum absolute atomic E-state index is 11.8. The van der Waals surface area contributed by atoms with Crippen molar-refractivity contribution in [3.05, 3.63) is 0 Å². The van der Waals surface area contributed by atoms with Gasteiger partial charge in [0.2, 0.25) is 5.91 Å². The molecule has 1 aliphatic heterocycles. The number of hydrogen-bond acceptors (Lipinski definition) is 2. The fraction of sp³-hybridized carbons (Fsp3) is 0.929. The zero-order chi connectivity index (χ0) is 12.5. The highest BCUT2D eigenvalue weighted by atomic mass is 16.2. The predicted molar refractivity (Wildman–Crippen MR) is 69.5 cm³/mol. The lowest BCUT2D eigenvalue weighted by atomic mass is 9.78. The molecule has 2 N–H and O–H groups in total. The maximum atomic E-state index is 11.8. The summed E-state index contributed by atoms with van der Waals surface area (Å²) in [7, 11) is 0. The first kappa shape index (κ1) is 12.9. The van der Waals surface area contributed by atoms with Crippen molar-refractivity contribution in [1.82, 2.24) is 4.90 Å². The van der Waals surface area contributed by atoms with Crippen molar-refractivity contribution < 1.29 is 4.79 Å². The minimum Gasteiger partial charge on any atom is -0.341 e. The van der Waals surface area contributed by atoms with Gasteiger partial charge >= 0.3 is 0 Å². The Kier molecular flexibility index (Phi) is 3.76. The average molecular weight is 238 g/mol. The van der Waals surface area contributed by atoms with Crippen LogP contribution < -0.4 is 5.73 Å². The molecule has 1 heterocycles. The Morgan fingerprint density at radius 2 is 2.06 bits per heavy atom. The van der Waals surface area contributed by atoms with Crippen LogP contribution in [0.2, 0.25) is 0 Å². The van der Waals surface area contributed by atoms with Crippen molar-refractivity contribution >= 4 is 5.91 Å². The Bertz CT molecular complexity index is 282. The lowest BCUT2D eigenvalue weighted by molar-refractivity contribution is -0.129. The third-order valence-electron chi connectivity index (χ3n) is 4.28. The number of rotatable bonds is 4. The summed E-state index contributed by atoms with van der Waals surface area (Å²) in [6.45, 7) is 6.31. The van der Waals surface area contributed by atoms with E-state index in [-0.39, 0.29) is 11.9 Å². The molecule has 3 nitrogen and oxygen atoms in total. The van der Waals surface area contributed by atoms with E-state index in [4.69, 9.17) is 5.73 Å². The van der Waals surface area contributed by atoms with E-state index in [1.165, 1.54) is 32.1 Å². The van der Waals surface area contributed by atoms with E-state index in [0.29, 0.717) is 11.8 Å². The number of nitrogens with two attached hydrogens (primary N) is 1. The molecule has 0 spiro atoms. The summed E-state index contributed by atoms with van der Waals surface area (Å²) < 4.78 is 0. The zero-order valence-electron chi connectivity index (χ0n) is 11.2. The van der Waals surface area contributed by atoms with Crippen molar-refractivity contribution in [3.8, 4) is 0 Å². The van der Waals surface area contributed by atoms with Crippen molar-refractivity contribution in [2.75, 3.05) is 13.1 Å². The van der Waals surface area contributed by atoms with E-state index in [1.54, 1.807) is 0 Å². The van der Waals surface area contributed by atoms with Gasteiger partial charge in [0.1, 0.15) is 0 Å². The lowest BCUT2D eigenvalue weighted by Crippen LogP contribution is -2.39. The normalized spacial score (nSPS) is 28.4. The molecule has 3 heteroatoms. The highest BCUT2D eigenvalue weighted by molar-refractivity contribution is 5.79. The highest BCUT2D eigenvalue weighted by Crippen LogP contribution is 2.44. The van der Waals surface area contributed by atoms with E-state index in [2.05, 4.69) is 13.8 Å². The molecule has 1 aliphatic carbocycles. The largest absolute Gasteiger partial charge is 0.341 e. The second-order valence-corrected chi connectivity index (χ2v) is 6.54. The van der Waals surface area contributed by atoms with Gasteiger partial charge in [-0.15, -0.1) is 0 Å². The van der Waals surface area contributed by atoms with Gasteiger partial charge in [-0.25, -0.2) is 0 Å². The molecular formula is C14H26N2O. The number of hydrogen-bond donors (Lipinski definition) is 1. The summed E-state index contributed by atoms with van der Waals surface area (Å²) >= 11 is 0. The van der Waals surface area contributed by atoms with Crippen molar-refractivity contribution in [2.45, 2.75) is 58.4 Å². The van der Waals surface area contributed by atoms with E-state index in [9.17, 15) is 4.79 Å². The van der Waals surface area contributed by atoms with Crippen LogP contribution >= 0.6 is 0 Å². The molecule has 0 aromatic rings. The molecule has 1 amide bonds. The lowest BCUT2D eigenvalue weighted by Gasteiger charge is -2.35. The van der Waals surface area contributed by atoms with Gasteiger partial charge in [0.05, 0.1) is 0 Å². The van der Waals surface area contributed by atoms with E-state index >= 15 is 0 Å². The molecule has 98 valence electrons. The third kappa shape index (κ3) is 3.01. The van der Waals surface area contributed by atoms with Gasteiger partial charge in [0, 0.05) is 25.6 Å². The summed E-state index contributed by atoms with van der Waals surface area (Å²) in [4.78, 5) is 13.9. The van der Waals surface area contributed by atoms with Gasteiger partial charge in [0.15, 0.2) is 0 Å². The fourth-order valence-electron chi connectivity index (χ4n) is 3.78. The van der Waals surface area contributed by atoms with Gasteiger partial charge in [-0.3, -0.25) is 4.79 Å². The fourth-order valence-corrected chi connectivity index (χ4v) is 3.78. The van der Waals surface area contributed by atoms with Crippen molar-refractivity contribution in [3.63, 3.8) is 0 Å². The second kappa shape index (κ2) is 4.97. The topological polar surface area (TPSA) is 46.3 Å². The Morgan fingerprint density at radius 1 is 1.41 bits per heavy atom. The quantitative estimate of drug-likeness (QED) is 0.815. The summed E-state index contributed by atoms with van der Waals surface area (Å²) in [5, 5.41) is 0. The molecule has 0 aromatic heterocycles. The highest BCUT2D eigenvalue weighted by Gasteiger charge is 2.39. The smallest absolute Gasteiger partial charge is 0.224 e. The molecule has 0 aromatic carbocycles. The number of amides is 1. The van der Waals surface area contributed by atoms with Crippen LogP contribution in [0.15, 0.2) is 0 Å². The summed E-state index contributed by atoms with van der Waals surface area (Å²) in [6, 6.07) is 0.0694. The molecular weight excluding hydrogens is 212 g/mol. The summed E-state index contributed by atoms with van der Waals surface area (Å²) in [6.07, 6.45) is 7.07. The van der Waals surface area contributed by atoms with E-state index in [1.807, 2.05) is 4.90 Å². The van der Waals surface area contributed by atoms with Crippen molar-refractivity contribution in [2.24, 2.45) is 17.1 Å². The standard InChI is InChI=1S/C14H26N2O/c1-11(2)8-14(5-3-4-6-14)10-16-9-12(15)7-13(16)17/h11-12H,3-10,15H2,1-2H3. The van der Waals surface area contributed by atoms with E-state index < -0.39 is 0 Å². The van der Waals surface area contributed by atoms with Crippen LogP contribution in [0.25, 0.3) is 0 Å². The van der Waals surface area contributed by atoms with E-state index in [0.717, 1.165) is 19.0 Å². The van der Waals surface area contributed by atoms with Gasteiger partial charge < -0.3 is 10.6 Å². The molecule has 2 fully saturated rings. The first-order valence-electron chi connectivity index (χ1n) is 7.04. The van der Waals surface area contributed by atoms with Gasteiger partial charge in [-0.2, -0.15) is 0 Å². The monoisotopic (exact) mass is 238 g/mol. The van der Waals surface area contributed by atoms with Crippen LogP contribution in [0.5, 0.6) is 0 Å². The average Bonchev–Trinajstić information content (AvgIpc) is 2.75. The van der Waals surface area contributed by atoms with Crippen LogP contribution in [-0.2, 0) is 4.79 Å². The Balaban J connectivity index is 2.00. The Labute approximate surface area is 105 Å². The zero-order valence-corrected chi connectivity index (χ0v) is 11.2. The molecule has 1 unspecified atom stereocenters. The third-order valence-corrected chi connectivity index (χ3v) is 4.28. The maximum Gasteiger partial charge on any atom is 0.224 e. The van der Waals surface area contributed by atoms with Crippen LogP contribution in [0.3, 0.4) is 0 Å². The summed E-state index contributed by atoms with van der Waals surface area (Å²) in [5.41, 5.74) is 6.27. The number of nitrogens with zero attached hydrogens (tertiary/aromatic N) is 1. The van der Waals surface area contributed by atoms with Crippen LogP contribution in [0.1, 0.15) is 52.4 Å². The van der Waals surface area contributed by atoms with Crippen LogP contribution in [0, 0.1) is 11.3 Å². The number of carbonyl (C=O) groups is 1. The SMILES string of the molecule is CC(C)CC1(CN2CC(N)CC2=O)CCCC1. The number of carbonyl (C=O) groups excluding carboxylic acids is 1. The first-order valence-corrected chi connectivity index (χ1v) is 7.04. The van der Waals surface area contributed by atoms with Crippen molar-refractivity contribution in [1.29, 1.82) is 0 Å². The van der Waals surface area contributed by atoms with Crippen LogP contribution in [-0.4, -0.2) is 29.9 Å². The Hall–Kier alpha value is -0.570. The van der Waals surface area contributed by atoms with Gasteiger partial charge in [-0.1, -0.05) is 26.7 Å². The molecule has 2 aliphatic rings. The minimum absolute atomic E-state index is 0.0694. The minimum atomic E-state index is 0.0694. The van der Waals surface area contributed by atoms with Gasteiger partial charge in [-0.05, 0) is 30.6 Å². The number of likely N-dealkylation sites (tertiary alicyclic amines) is 1. The molecule has 1 saturated heterocycles. The second-order valence-electron chi connectivity index (χ2n) is 6.54. The predicted octanol–water partition coefficient (Wildman–Crippen LogP) is 2.15. The Morgan fingerprint density at radius 3 is 2.53 bits per heavy atom. The molecule has 2 rings (SSSR count). The van der Waals surface area contributed by atoms with Gasteiger partial charge in [0.25, 0.3) is 0 Å². The molecule has 17 heavy (non-hydrogen) atoms. The molecule has 1 atom stereocenters. The summed E-state index contributed by atoms with van der Waals surface area (Å²) in [5.74, 6) is 0.993. The molecule has 0 radical (unpaired) electrons. The molecule has 0 bridgehead atoms. The molecule has 1 saturated carbocycles. The first-order chi connectivity index (χ1) is 8.01. The van der Waals surface area contributed by atoms with Crippen LogP contribution in [0.4, 0.5) is 0 Å².